The van der Waals surface area contributed by atoms with Gasteiger partial charge in [-0.05, 0) is 47.3 Å². The van der Waals surface area contributed by atoms with Crippen LogP contribution in [0.3, 0.4) is 0 Å². The second-order valence-electron chi connectivity index (χ2n) is 8.36. The van der Waals surface area contributed by atoms with Gasteiger partial charge in [0.15, 0.2) is 0 Å². The van der Waals surface area contributed by atoms with Crippen molar-refractivity contribution >= 4 is 39.4 Å². The lowest BCUT2D eigenvalue weighted by Crippen LogP contribution is -2.17. The highest BCUT2D eigenvalue weighted by Crippen LogP contribution is 2.43. The number of allylic oxidation sites excluding steroid dienone is 1. The molecule has 1 aromatic carbocycles. The first-order valence-electron chi connectivity index (χ1n) is 8.30. The fourth-order valence-corrected chi connectivity index (χ4v) is 4.20. The largest absolute Gasteiger partial charge is 0.507 e. The topological polar surface area (TPSA) is 49.7 Å². The maximum atomic E-state index is 12.3. The number of rotatable bonds is 1. The van der Waals surface area contributed by atoms with E-state index in [0.717, 1.165) is 26.6 Å². The van der Waals surface area contributed by atoms with E-state index in [1.807, 2.05) is 25.3 Å². The van der Waals surface area contributed by atoms with Gasteiger partial charge in [-0.25, -0.2) is 0 Å². The van der Waals surface area contributed by atoms with Gasteiger partial charge < -0.3 is 5.11 Å². The molecule has 1 N–H and O–H groups in total. The molecule has 0 saturated heterocycles. The molecule has 0 saturated carbocycles. The Balaban J connectivity index is 2.69. The van der Waals surface area contributed by atoms with E-state index in [1.165, 1.54) is 23.5 Å². The summed E-state index contributed by atoms with van der Waals surface area (Å²) in [5.41, 5.74) is 3.30. The molecule has 25 heavy (non-hydrogen) atoms. The van der Waals surface area contributed by atoms with Gasteiger partial charge >= 0.3 is 0 Å². The van der Waals surface area contributed by atoms with Crippen LogP contribution in [0.4, 0.5) is 0 Å². The predicted molar refractivity (Wildman–Crippen MR) is 112 cm³/mol. The fraction of sp³-hybridized carbons (Fsp3) is 0.500. The van der Waals surface area contributed by atoms with Crippen molar-refractivity contribution in [3.63, 3.8) is 0 Å². The second-order valence-corrected chi connectivity index (χ2v) is 10.4. The molecule has 136 valence electrons. The number of carbonyl (C=O) groups excluding carboxylic acids is 1. The molecular formula is C20H27NO2S2. The van der Waals surface area contributed by atoms with Crippen LogP contribution in [-0.4, -0.2) is 21.6 Å². The van der Waals surface area contributed by atoms with Crippen molar-refractivity contribution in [1.82, 2.24) is 0 Å². The molecule has 1 aromatic rings. The summed E-state index contributed by atoms with van der Waals surface area (Å²) in [6.45, 7) is 14.5. The number of nitrogens with zero attached hydrogens (tertiary/aromatic N) is 1. The van der Waals surface area contributed by atoms with Crippen LogP contribution < -0.4 is 0 Å². The minimum atomic E-state index is -0.196. The number of hydrogen-bond acceptors (Lipinski definition) is 4. The maximum absolute atomic E-state index is 12.3. The van der Waals surface area contributed by atoms with Crippen LogP contribution in [0.5, 0.6) is 5.75 Å². The first kappa shape index (κ1) is 20.1. The van der Waals surface area contributed by atoms with Gasteiger partial charge in [0.05, 0.1) is 4.91 Å². The summed E-state index contributed by atoms with van der Waals surface area (Å²) in [5.74, 6) is 0.183. The number of hydrogen-bond donors (Lipinski definition) is 1. The summed E-state index contributed by atoms with van der Waals surface area (Å²) in [7, 11) is 0. The average Bonchev–Trinajstić information content (AvgIpc) is 2.85. The number of amides is 1. The first-order valence-corrected chi connectivity index (χ1v) is 10.3. The number of thioether (sulfide) groups is 2. The van der Waals surface area contributed by atoms with Crippen molar-refractivity contribution < 1.29 is 9.90 Å². The summed E-state index contributed by atoms with van der Waals surface area (Å²) >= 11 is 2.92. The van der Waals surface area contributed by atoms with Gasteiger partial charge in [-0.3, -0.25) is 4.79 Å². The predicted octanol–water partition coefficient (Wildman–Crippen LogP) is 5.71. The maximum Gasteiger partial charge on any atom is 0.285 e. The Bertz CT molecular complexity index is 743. The van der Waals surface area contributed by atoms with Crippen LogP contribution in [0.1, 0.15) is 65.2 Å². The SMILES string of the molecule is CSC1=NC(=O)/C(=C(/C)c2cc(C(C)(C)C)c(O)c(C(C)(C)C)c2)S1. The monoisotopic (exact) mass is 377 g/mol. The highest BCUT2D eigenvalue weighted by atomic mass is 32.2. The quantitative estimate of drug-likeness (QED) is 0.637. The Morgan fingerprint density at radius 3 is 1.92 bits per heavy atom. The Morgan fingerprint density at radius 1 is 1.08 bits per heavy atom. The first-order chi connectivity index (χ1) is 11.4. The summed E-state index contributed by atoms with van der Waals surface area (Å²) in [6.07, 6.45) is 1.92. The molecule has 0 radical (unpaired) electrons. The van der Waals surface area contributed by atoms with Crippen LogP contribution in [0, 0.1) is 0 Å². The molecule has 0 atom stereocenters. The molecule has 0 unspecified atom stereocenters. The van der Waals surface area contributed by atoms with Crippen molar-refractivity contribution in [3.8, 4) is 5.75 Å². The number of benzene rings is 1. The Morgan fingerprint density at radius 2 is 1.56 bits per heavy atom. The third kappa shape index (κ3) is 4.14. The van der Waals surface area contributed by atoms with E-state index in [-0.39, 0.29) is 16.7 Å². The summed E-state index contributed by atoms with van der Waals surface area (Å²) in [5, 5.41) is 10.8. The molecule has 0 fully saturated rings. The van der Waals surface area contributed by atoms with Crippen LogP contribution in [-0.2, 0) is 15.6 Å². The van der Waals surface area contributed by atoms with Gasteiger partial charge in [-0.15, -0.1) is 11.8 Å². The average molecular weight is 378 g/mol. The molecule has 3 nitrogen and oxygen atoms in total. The Kier molecular flexibility index (Phi) is 5.50. The van der Waals surface area contributed by atoms with Crippen LogP contribution >= 0.6 is 23.5 Å². The van der Waals surface area contributed by atoms with E-state index in [2.05, 4.69) is 46.5 Å². The number of aliphatic imine (C=N–C) groups is 1. The minimum Gasteiger partial charge on any atom is -0.507 e. The van der Waals surface area contributed by atoms with Crippen molar-refractivity contribution in [1.29, 1.82) is 0 Å². The molecule has 2 rings (SSSR count). The Hall–Kier alpha value is -1.20. The lowest BCUT2D eigenvalue weighted by molar-refractivity contribution is -0.113. The third-order valence-corrected chi connectivity index (χ3v) is 6.39. The van der Waals surface area contributed by atoms with Crippen molar-refractivity contribution in [2.24, 2.45) is 4.99 Å². The number of aromatic hydroxyl groups is 1. The fourth-order valence-electron chi connectivity index (χ4n) is 2.74. The standard InChI is InChI=1S/C20H27NO2S2/c1-11(16-17(23)21-18(24-8)25-16)12-9-13(19(2,3)4)15(22)14(10-12)20(5,6)7/h9-10,22H,1-8H3/b16-11+. The van der Waals surface area contributed by atoms with E-state index in [1.54, 1.807) is 0 Å². The summed E-state index contributed by atoms with van der Waals surface area (Å²) in [4.78, 5) is 17.0. The second kappa shape index (κ2) is 6.84. The van der Waals surface area contributed by atoms with Gasteiger partial charge in [0.1, 0.15) is 10.1 Å². The van der Waals surface area contributed by atoms with Crippen LogP contribution in [0.15, 0.2) is 22.0 Å². The van der Waals surface area contributed by atoms with E-state index in [4.69, 9.17) is 0 Å². The van der Waals surface area contributed by atoms with E-state index < -0.39 is 0 Å². The van der Waals surface area contributed by atoms with Gasteiger partial charge in [-0.1, -0.05) is 53.3 Å². The summed E-state index contributed by atoms with van der Waals surface area (Å²) in [6, 6.07) is 4.02. The number of phenols is 1. The van der Waals surface area contributed by atoms with Crippen molar-refractivity contribution in [3.05, 3.63) is 33.7 Å². The highest BCUT2D eigenvalue weighted by Gasteiger charge is 2.29. The van der Waals surface area contributed by atoms with Crippen molar-refractivity contribution in [2.75, 3.05) is 6.26 Å². The van der Waals surface area contributed by atoms with Crippen molar-refractivity contribution in [2.45, 2.75) is 59.3 Å². The normalized spacial score (nSPS) is 17.8. The molecule has 0 spiro atoms. The lowest BCUT2D eigenvalue weighted by Gasteiger charge is -2.28. The minimum absolute atomic E-state index is 0.172. The molecule has 1 amide bonds. The van der Waals surface area contributed by atoms with E-state index >= 15 is 0 Å². The number of carbonyl (C=O) groups is 1. The molecule has 5 heteroatoms. The number of phenolic OH excluding ortho intramolecular Hbond substituents is 1. The molecular weight excluding hydrogens is 350 g/mol. The molecule has 0 aromatic heterocycles. The lowest BCUT2D eigenvalue weighted by atomic mass is 9.78. The zero-order valence-electron chi connectivity index (χ0n) is 16.3. The van der Waals surface area contributed by atoms with Gasteiger partial charge in [-0.2, -0.15) is 4.99 Å². The molecule has 1 aliphatic heterocycles. The summed E-state index contributed by atoms with van der Waals surface area (Å²) < 4.78 is 0.783. The molecule has 1 aliphatic rings. The highest BCUT2D eigenvalue weighted by molar-refractivity contribution is 8.41. The zero-order valence-corrected chi connectivity index (χ0v) is 17.9. The Labute approximate surface area is 159 Å². The molecule has 0 aliphatic carbocycles. The van der Waals surface area contributed by atoms with E-state index in [0.29, 0.717) is 10.7 Å². The van der Waals surface area contributed by atoms with Gasteiger partial charge in [0.2, 0.25) is 0 Å². The smallest absolute Gasteiger partial charge is 0.285 e. The zero-order chi connectivity index (χ0) is 19.2. The van der Waals surface area contributed by atoms with Gasteiger partial charge in [0, 0.05) is 11.1 Å². The van der Waals surface area contributed by atoms with E-state index in [9.17, 15) is 9.90 Å². The van der Waals surface area contributed by atoms with Gasteiger partial charge in [0.25, 0.3) is 5.91 Å². The van der Waals surface area contributed by atoms with Crippen LogP contribution in [0.2, 0.25) is 0 Å². The molecule has 0 bridgehead atoms. The molecule has 1 heterocycles. The van der Waals surface area contributed by atoms with Crippen LogP contribution in [0.25, 0.3) is 5.57 Å². The third-order valence-electron chi connectivity index (χ3n) is 4.25.